The van der Waals surface area contributed by atoms with E-state index in [1.54, 1.807) is 0 Å². The molecule has 0 aliphatic heterocycles. The number of nitrogens with one attached hydrogen (secondary N) is 1. The van der Waals surface area contributed by atoms with E-state index in [0.717, 1.165) is 11.8 Å². The molecule has 0 heterocycles. The molecule has 0 bridgehead atoms. The molecule has 2 atom stereocenters. The third-order valence-electron chi connectivity index (χ3n) is 8.02. The summed E-state index contributed by atoms with van der Waals surface area (Å²) in [5, 5.41) is 3.68. The van der Waals surface area contributed by atoms with Crippen molar-refractivity contribution in [3.05, 3.63) is 0 Å². The van der Waals surface area contributed by atoms with Crippen molar-refractivity contribution < 1.29 is 0 Å². The molecule has 1 N–H and O–H groups in total. The highest BCUT2D eigenvalue weighted by atomic mass is 14.8. The number of unbranched alkanes of at least 4 members (excludes halogenated alkanes) is 14. The smallest absolute Gasteiger partial charge is 0.00489 e. The summed E-state index contributed by atoms with van der Waals surface area (Å²) >= 11 is 0. The summed E-state index contributed by atoms with van der Waals surface area (Å²) in [7, 11) is 0. The highest BCUT2D eigenvalue weighted by Crippen LogP contribution is 2.22. The van der Waals surface area contributed by atoms with E-state index in [2.05, 4.69) is 33.0 Å². The van der Waals surface area contributed by atoms with E-state index >= 15 is 0 Å². The minimum Gasteiger partial charge on any atom is -0.317 e. The van der Waals surface area contributed by atoms with Crippen LogP contribution in [-0.2, 0) is 0 Å². The Kier molecular flexibility index (Phi) is 28.2. The molecule has 0 aromatic rings. The zero-order chi connectivity index (χ0) is 24.2. The van der Waals surface area contributed by atoms with E-state index in [9.17, 15) is 0 Å². The molecule has 0 aromatic heterocycles. The molecule has 0 aliphatic carbocycles. The van der Waals surface area contributed by atoms with Gasteiger partial charge in [-0.15, -0.1) is 0 Å². The Morgan fingerprint density at radius 3 is 1.00 bits per heavy atom. The third-order valence-corrected chi connectivity index (χ3v) is 8.02. The lowest BCUT2D eigenvalue weighted by molar-refractivity contribution is 0.395. The topological polar surface area (TPSA) is 12.0 Å². The van der Waals surface area contributed by atoms with Gasteiger partial charge in [-0.3, -0.25) is 0 Å². The molecule has 0 fully saturated rings. The molecule has 0 rings (SSSR count). The van der Waals surface area contributed by atoms with Crippen molar-refractivity contribution in [3.63, 3.8) is 0 Å². The Balaban J connectivity index is 3.25. The van der Waals surface area contributed by atoms with Crippen LogP contribution in [0.3, 0.4) is 0 Å². The van der Waals surface area contributed by atoms with Crippen LogP contribution in [0.5, 0.6) is 0 Å². The Hall–Kier alpha value is -0.0400. The maximum Gasteiger partial charge on any atom is -0.00489 e. The van der Waals surface area contributed by atoms with Crippen LogP contribution in [-0.4, -0.2) is 13.1 Å². The van der Waals surface area contributed by atoms with Crippen LogP contribution in [0.2, 0.25) is 0 Å². The van der Waals surface area contributed by atoms with Crippen LogP contribution in [0.15, 0.2) is 0 Å². The minimum absolute atomic E-state index is 1.01. The van der Waals surface area contributed by atoms with Gasteiger partial charge in [-0.25, -0.2) is 0 Å². The van der Waals surface area contributed by atoms with Gasteiger partial charge in [0.25, 0.3) is 0 Å². The molecule has 0 aromatic carbocycles. The summed E-state index contributed by atoms with van der Waals surface area (Å²) in [6.45, 7) is 11.9. The second kappa shape index (κ2) is 28.2. The third kappa shape index (κ3) is 24.9. The zero-order valence-electron chi connectivity index (χ0n) is 24.0. The van der Waals surface area contributed by atoms with Crippen LogP contribution < -0.4 is 5.32 Å². The van der Waals surface area contributed by atoms with E-state index in [-0.39, 0.29) is 0 Å². The van der Waals surface area contributed by atoms with Gasteiger partial charge in [-0.1, -0.05) is 169 Å². The molecule has 0 spiro atoms. The molecule has 0 amide bonds. The van der Waals surface area contributed by atoms with Crippen molar-refractivity contribution in [3.8, 4) is 0 Å². The van der Waals surface area contributed by atoms with Crippen LogP contribution in [0.4, 0.5) is 0 Å². The predicted octanol–water partition coefficient (Wildman–Crippen LogP) is 11.3. The van der Waals surface area contributed by atoms with Gasteiger partial charge in [0.05, 0.1) is 0 Å². The molecule has 33 heavy (non-hydrogen) atoms. The van der Waals surface area contributed by atoms with Gasteiger partial charge in [0.2, 0.25) is 0 Å². The lowest BCUT2D eigenvalue weighted by Crippen LogP contribution is -2.16. The number of hydrogen-bond donors (Lipinski definition) is 1. The fourth-order valence-electron chi connectivity index (χ4n) is 5.38. The van der Waals surface area contributed by atoms with Gasteiger partial charge in [0, 0.05) is 0 Å². The van der Waals surface area contributed by atoms with Crippen LogP contribution in [0.1, 0.15) is 182 Å². The Bertz CT molecular complexity index is 307. The van der Waals surface area contributed by atoms with Crippen molar-refractivity contribution in [2.75, 3.05) is 13.1 Å². The first-order chi connectivity index (χ1) is 16.3. The summed E-state index contributed by atoms with van der Waals surface area (Å²) in [5.74, 6) is 2.02. The number of hydrogen-bond acceptors (Lipinski definition) is 1. The maximum absolute atomic E-state index is 3.68. The van der Waals surface area contributed by atoms with Gasteiger partial charge in [0.15, 0.2) is 0 Å². The summed E-state index contributed by atoms with van der Waals surface area (Å²) in [6.07, 6.45) is 34.6. The van der Waals surface area contributed by atoms with E-state index in [4.69, 9.17) is 0 Å². The minimum atomic E-state index is 1.01. The molecule has 2 unspecified atom stereocenters. The second-order valence-electron chi connectivity index (χ2n) is 11.1. The van der Waals surface area contributed by atoms with Crippen LogP contribution in [0.25, 0.3) is 0 Å². The Morgan fingerprint density at radius 1 is 0.364 bits per heavy atom. The standard InChI is InChI=1S/C32H67N/c1-5-9-19-25-31(7-3)27-21-15-11-13-17-23-29-33-30-24-18-14-12-16-22-28-32(8-4)26-20-10-6-2/h31-33H,5-30H2,1-4H3. The van der Waals surface area contributed by atoms with Gasteiger partial charge >= 0.3 is 0 Å². The first kappa shape index (κ1) is 33.0. The lowest BCUT2D eigenvalue weighted by atomic mass is 9.92. The van der Waals surface area contributed by atoms with Gasteiger partial charge in [0.1, 0.15) is 0 Å². The Morgan fingerprint density at radius 2 is 0.667 bits per heavy atom. The largest absolute Gasteiger partial charge is 0.317 e. The van der Waals surface area contributed by atoms with Crippen molar-refractivity contribution in [2.24, 2.45) is 11.8 Å². The average molecular weight is 466 g/mol. The fourth-order valence-corrected chi connectivity index (χ4v) is 5.38. The Labute approximate surface area is 212 Å². The monoisotopic (exact) mass is 466 g/mol. The van der Waals surface area contributed by atoms with E-state index in [1.165, 1.54) is 167 Å². The molecule has 200 valence electrons. The van der Waals surface area contributed by atoms with Crippen molar-refractivity contribution in [2.45, 2.75) is 182 Å². The average Bonchev–Trinajstić information content (AvgIpc) is 2.83. The van der Waals surface area contributed by atoms with Crippen LogP contribution >= 0.6 is 0 Å². The SMILES string of the molecule is CCCCCC(CC)CCCCCCCCNCCCCCCCCC(CC)CCCCC. The quantitative estimate of drug-likeness (QED) is 0.113. The van der Waals surface area contributed by atoms with Crippen molar-refractivity contribution in [1.82, 2.24) is 5.32 Å². The van der Waals surface area contributed by atoms with Crippen molar-refractivity contribution in [1.29, 1.82) is 0 Å². The molecule has 0 aliphatic rings. The molecule has 0 saturated carbocycles. The molecule has 1 heteroatoms. The van der Waals surface area contributed by atoms with E-state index in [0.29, 0.717) is 0 Å². The molecular weight excluding hydrogens is 398 g/mol. The first-order valence-electron chi connectivity index (χ1n) is 16.0. The van der Waals surface area contributed by atoms with Crippen LogP contribution in [0, 0.1) is 11.8 Å². The zero-order valence-corrected chi connectivity index (χ0v) is 24.0. The highest BCUT2D eigenvalue weighted by molar-refractivity contribution is 4.60. The van der Waals surface area contributed by atoms with Gasteiger partial charge in [-0.05, 0) is 37.8 Å². The molecular formula is C32H67N. The van der Waals surface area contributed by atoms with E-state index < -0.39 is 0 Å². The molecule has 0 saturated heterocycles. The van der Waals surface area contributed by atoms with Gasteiger partial charge in [-0.2, -0.15) is 0 Å². The second-order valence-corrected chi connectivity index (χ2v) is 11.1. The van der Waals surface area contributed by atoms with Crippen molar-refractivity contribution >= 4 is 0 Å². The van der Waals surface area contributed by atoms with Gasteiger partial charge < -0.3 is 5.32 Å². The fraction of sp³-hybridized carbons (Fsp3) is 1.00. The number of rotatable bonds is 28. The highest BCUT2D eigenvalue weighted by Gasteiger charge is 2.06. The first-order valence-corrected chi connectivity index (χ1v) is 16.0. The summed E-state index contributed by atoms with van der Waals surface area (Å²) in [5.41, 5.74) is 0. The van der Waals surface area contributed by atoms with E-state index in [1.807, 2.05) is 0 Å². The molecule has 1 nitrogen and oxygen atoms in total. The maximum atomic E-state index is 3.68. The lowest BCUT2D eigenvalue weighted by Gasteiger charge is -2.14. The summed E-state index contributed by atoms with van der Waals surface area (Å²) < 4.78 is 0. The predicted molar refractivity (Wildman–Crippen MR) is 153 cm³/mol. The summed E-state index contributed by atoms with van der Waals surface area (Å²) in [4.78, 5) is 0. The molecule has 0 radical (unpaired) electrons. The summed E-state index contributed by atoms with van der Waals surface area (Å²) in [6, 6.07) is 0. The normalized spacial score (nSPS) is 13.5.